The predicted molar refractivity (Wildman–Crippen MR) is 77.8 cm³/mol. The van der Waals surface area contributed by atoms with E-state index in [0.29, 0.717) is 5.92 Å². The van der Waals surface area contributed by atoms with Crippen molar-refractivity contribution in [1.82, 2.24) is 4.90 Å². The molecular weight excluding hydrogens is 242 g/mol. The molecule has 0 saturated heterocycles. The predicted octanol–water partition coefficient (Wildman–Crippen LogP) is 3.37. The van der Waals surface area contributed by atoms with Gasteiger partial charge in [0.15, 0.2) is 0 Å². The van der Waals surface area contributed by atoms with Gasteiger partial charge in [-0.05, 0) is 60.5 Å². The van der Waals surface area contributed by atoms with Crippen LogP contribution in [-0.2, 0) is 6.54 Å². The molecule has 3 atom stereocenters. The molecule has 18 heavy (non-hydrogen) atoms. The largest absolute Gasteiger partial charge is 0.393 e. The molecule has 0 radical (unpaired) electrons. The van der Waals surface area contributed by atoms with Gasteiger partial charge in [-0.25, -0.2) is 0 Å². The highest BCUT2D eigenvalue weighted by atomic mass is 32.1. The lowest BCUT2D eigenvalue weighted by atomic mass is 9.78. The minimum absolute atomic E-state index is 0.0854. The first kappa shape index (κ1) is 14.0. The smallest absolute Gasteiger partial charge is 0.0580 e. The molecule has 3 unspecified atom stereocenters. The van der Waals surface area contributed by atoms with Gasteiger partial charge >= 0.3 is 0 Å². The van der Waals surface area contributed by atoms with E-state index >= 15 is 0 Å². The van der Waals surface area contributed by atoms with Gasteiger partial charge in [-0.2, -0.15) is 11.3 Å². The van der Waals surface area contributed by atoms with E-state index in [-0.39, 0.29) is 6.10 Å². The maximum atomic E-state index is 10.1. The fraction of sp³-hybridized carbons (Fsp3) is 0.733. The lowest BCUT2D eigenvalue weighted by Gasteiger charge is -2.35. The van der Waals surface area contributed by atoms with Gasteiger partial charge in [0.2, 0.25) is 0 Å². The van der Waals surface area contributed by atoms with E-state index in [9.17, 15) is 5.11 Å². The van der Waals surface area contributed by atoms with E-state index in [4.69, 9.17) is 0 Å². The second-order valence-electron chi connectivity index (χ2n) is 5.74. The van der Waals surface area contributed by atoms with Crippen LogP contribution in [0.4, 0.5) is 0 Å². The highest BCUT2D eigenvalue weighted by Crippen LogP contribution is 2.31. The Bertz CT molecular complexity index is 338. The van der Waals surface area contributed by atoms with Crippen LogP contribution in [0, 0.1) is 11.8 Å². The summed E-state index contributed by atoms with van der Waals surface area (Å²) < 4.78 is 0. The molecule has 0 bridgehead atoms. The lowest BCUT2D eigenvalue weighted by molar-refractivity contribution is 0.0298. The summed E-state index contributed by atoms with van der Waals surface area (Å²) in [5.41, 5.74) is 1.39. The van der Waals surface area contributed by atoms with E-state index in [0.717, 1.165) is 25.4 Å². The molecule has 0 aliphatic heterocycles. The molecule has 0 aromatic carbocycles. The van der Waals surface area contributed by atoms with Crippen LogP contribution in [0.25, 0.3) is 0 Å². The third-order valence-corrected chi connectivity index (χ3v) is 4.94. The summed E-state index contributed by atoms with van der Waals surface area (Å²) in [7, 11) is 2.17. The molecule has 1 aromatic rings. The first-order valence-corrected chi connectivity index (χ1v) is 8.01. The van der Waals surface area contributed by atoms with Crippen LogP contribution in [0.1, 0.15) is 38.2 Å². The number of aliphatic hydroxyl groups is 1. The third-order valence-electron chi connectivity index (χ3n) is 4.21. The number of hydrogen-bond donors (Lipinski definition) is 1. The molecule has 1 saturated carbocycles. The SMILES string of the molecule is CCC1CCC(O)C(CN(C)Cc2ccsc2)C1. The van der Waals surface area contributed by atoms with Crippen molar-refractivity contribution in [2.75, 3.05) is 13.6 Å². The van der Waals surface area contributed by atoms with Gasteiger partial charge in [0, 0.05) is 13.1 Å². The van der Waals surface area contributed by atoms with Crippen LogP contribution < -0.4 is 0 Å². The Balaban J connectivity index is 1.83. The van der Waals surface area contributed by atoms with Crippen molar-refractivity contribution < 1.29 is 5.11 Å². The van der Waals surface area contributed by atoms with Crippen molar-refractivity contribution in [3.8, 4) is 0 Å². The Morgan fingerprint density at radius 2 is 2.28 bits per heavy atom. The molecule has 3 heteroatoms. The number of thiophene rings is 1. The normalized spacial score (nSPS) is 28.8. The molecule has 1 aromatic heterocycles. The fourth-order valence-electron chi connectivity index (χ4n) is 3.07. The summed E-state index contributed by atoms with van der Waals surface area (Å²) in [6.45, 7) is 4.30. The van der Waals surface area contributed by atoms with Crippen molar-refractivity contribution in [2.24, 2.45) is 11.8 Å². The Kier molecular flexibility index (Phi) is 5.22. The summed E-state index contributed by atoms with van der Waals surface area (Å²) in [6.07, 6.45) is 4.58. The first-order valence-electron chi connectivity index (χ1n) is 7.06. The zero-order chi connectivity index (χ0) is 13.0. The van der Waals surface area contributed by atoms with Crippen LogP contribution in [0.3, 0.4) is 0 Å². The monoisotopic (exact) mass is 267 g/mol. The summed E-state index contributed by atoms with van der Waals surface area (Å²) >= 11 is 1.76. The van der Waals surface area contributed by atoms with Crippen LogP contribution in [0.15, 0.2) is 16.8 Å². The zero-order valence-corrected chi connectivity index (χ0v) is 12.3. The highest BCUT2D eigenvalue weighted by Gasteiger charge is 2.28. The minimum Gasteiger partial charge on any atom is -0.393 e. The van der Waals surface area contributed by atoms with Crippen molar-refractivity contribution in [2.45, 2.75) is 45.3 Å². The average Bonchev–Trinajstić information content (AvgIpc) is 2.84. The van der Waals surface area contributed by atoms with E-state index in [1.54, 1.807) is 11.3 Å². The standard InChI is InChI=1S/C15H25NOS/c1-3-12-4-5-15(17)14(8-12)10-16(2)9-13-6-7-18-11-13/h6-7,11-12,14-15,17H,3-5,8-10H2,1-2H3. The molecule has 1 fully saturated rings. The van der Waals surface area contributed by atoms with Crippen LogP contribution in [0.5, 0.6) is 0 Å². The van der Waals surface area contributed by atoms with Gasteiger partial charge in [-0.15, -0.1) is 0 Å². The molecule has 1 N–H and O–H groups in total. The Morgan fingerprint density at radius 1 is 1.44 bits per heavy atom. The molecule has 2 rings (SSSR count). The Hall–Kier alpha value is -0.380. The van der Waals surface area contributed by atoms with Gasteiger partial charge in [0.05, 0.1) is 6.10 Å². The summed E-state index contributed by atoms with van der Waals surface area (Å²) in [6, 6.07) is 2.19. The zero-order valence-electron chi connectivity index (χ0n) is 11.5. The van der Waals surface area contributed by atoms with Crippen molar-refractivity contribution >= 4 is 11.3 Å². The van der Waals surface area contributed by atoms with Gasteiger partial charge in [0.25, 0.3) is 0 Å². The molecular formula is C15H25NOS. The molecule has 0 spiro atoms. The molecule has 1 aliphatic rings. The fourth-order valence-corrected chi connectivity index (χ4v) is 3.73. The molecule has 1 heterocycles. The number of nitrogens with zero attached hydrogens (tertiary/aromatic N) is 1. The van der Waals surface area contributed by atoms with E-state index in [2.05, 4.69) is 35.7 Å². The Labute approximate surface area is 115 Å². The highest BCUT2D eigenvalue weighted by molar-refractivity contribution is 7.07. The van der Waals surface area contributed by atoms with Crippen LogP contribution in [0.2, 0.25) is 0 Å². The van der Waals surface area contributed by atoms with E-state index in [1.165, 1.54) is 24.8 Å². The van der Waals surface area contributed by atoms with Gasteiger partial charge in [0.1, 0.15) is 0 Å². The number of rotatable bonds is 5. The second kappa shape index (κ2) is 6.69. The molecule has 2 nitrogen and oxygen atoms in total. The van der Waals surface area contributed by atoms with Gasteiger partial charge in [-0.1, -0.05) is 13.3 Å². The maximum absolute atomic E-state index is 10.1. The average molecular weight is 267 g/mol. The summed E-state index contributed by atoms with van der Waals surface area (Å²) in [5.74, 6) is 1.29. The molecule has 102 valence electrons. The minimum atomic E-state index is -0.0854. The lowest BCUT2D eigenvalue weighted by Crippen LogP contribution is -2.37. The number of aliphatic hydroxyl groups excluding tert-OH is 1. The van der Waals surface area contributed by atoms with Crippen LogP contribution in [-0.4, -0.2) is 29.7 Å². The molecule has 0 amide bonds. The first-order chi connectivity index (χ1) is 8.69. The van der Waals surface area contributed by atoms with Crippen molar-refractivity contribution in [3.63, 3.8) is 0 Å². The maximum Gasteiger partial charge on any atom is 0.0580 e. The third kappa shape index (κ3) is 3.81. The van der Waals surface area contributed by atoms with Crippen molar-refractivity contribution in [3.05, 3.63) is 22.4 Å². The van der Waals surface area contributed by atoms with E-state index < -0.39 is 0 Å². The van der Waals surface area contributed by atoms with Crippen molar-refractivity contribution in [1.29, 1.82) is 0 Å². The van der Waals surface area contributed by atoms with E-state index in [1.807, 2.05) is 0 Å². The van der Waals surface area contributed by atoms with Crippen LogP contribution >= 0.6 is 11.3 Å². The summed E-state index contributed by atoms with van der Waals surface area (Å²) in [4.78, 5) is 2.36. The van der Waals surface area contributed by atoms with Gasteiger partial charge < -0.3 is 10.0 Å². The topological polar surface area (TPSA) is 23.5 Å². The Morgan fingerprint density at radius 3 is 2.94 bits per heavy atom. The van der Waals surface area contributed by atoms with Gasteiger partial charge in [-0.3, -0.25) is 0 Å². The summed E-state index contributed by atoms with van der Waals surface area (Å²) in [5, 5.41) is 14.5. The molecule has 1 aliphatic carbocycles. The quantitative estimate of drug-likeness (QED) is 0.884. The second-order valence-corrected chi connectivity index (χ2v) is 6.52. The number of hydrogen-bond acceptors (Lipinski definition) is 3.